The van der Waals surface area contributed by atoms with Gasteiger partial charge in [-0.15, -0.1) is 11.3 Å². The number of thiazole rings is 1. The summed E-state index contributed by atoms with van der Waals surface area (Å²) in [6.45, 7) is 6.86. The number of nitrogens with one attached hydrogen (secondary N) is 1. The quantitative estimate of drug-likeness (QED) is 0.606. The van der Waals surface area contributed by atoms with Gasteiger partial charge in [-0.2, -0.15) is 4.98 Å². The lowest BCUT2D eigenvalue weighted by atomic mass is 9.99. The Kier molecular flexibility index (Phi) is 6.31. The third-order valence-electron chi connectivity index (χ3n) is 5.34. The first kappa shape index (κ1) is 21.4. The maximum absolute atomic E-state index is 15.1. The van der Waals surface area contributed by atoms with E-state index in [1.165, 1.54) is 17.4 Å². The lowest BCUT2D eigenvalue weighted by Gasteiger charge is -2.36. The van der Waals surface area contributed by atoms with Gasteiger partial charge in [0.25, 0.3) is 0 Å². The topological polar surface area (TPSA) is 84.2 Å². The molecule has 1 unspecified atom stereocenters. The fourth-order valence-electron chi connectivity index (χ4n) is 3.72. The molecule has 0 bridgehead atoms. The Balaban J connectivity index is 1.51. The third kappa shape index (κ3) is 4.76. The van der Waals surface area contributed by atoms with E-state index < -0.39 is 11.9 Å². The number of halogens is 1. The van der Waals surface area contributed by atoms with Crippen molar-refractivity contribution in [2.24, 2.45) is 0 Å². The van der Waals surface area contributed by atoms with Crippen LogP contribution in [-0.2, 0) is 11.3 Å². The van der Waals surface area contributed by atoms with Gasteiger partial charge in [0.15, 0.2) is 0 Å². The number of carbonyl (C=O) groups is 1. The number of aromatic nitrogens is 3. The van der Waals surface area contributed by atoms with Gasteiger partial charge in [0.1, 0.15) is 16.9 Å². The molecule has 1 amide bonds. The van der Waals surface area contributed by atoms with E-state index in [9.17, 15) is 4.79 Å². The third-order valence-corrected chi connectivity index (χ3v) is 6.30. The van der Waals surface area contributed by atoms with Crippen LogP contribution in [0.25, 0.3) is 11.4 Å². The highest BCUT2D eigenvalue weighted by Crippen LogP contribution is 2.30. The fraction of sp³-hybridized carbons (Fsp3) is 0.455. The van der Waals surface area contributed by atoms with Gasteiger partial charge in [0.05, 0.1) is 12.2 Å². The molecule has 7 nitrogen and oxygen atoms in total. The Bertz CT molecular complexity index is 1060. The number of rotatable bonds is 6. The van der Waals surface area contributed by atoms with Crippen molar-refractivity contribution in [1.29, 1.82) is 0 Å². The molecule has 0 saturated carbocycles. The molecule has 2 aromatic heterocycles. The van der Waals surface area contributed by atoms with Crippen LogP contribution in [0, 0.1) is 12.7 Å². The molecule has 9 heteroatoms. The zero-order valence-electron chi connectivity index (χ0n) is 17.9. The van der Waals surface area contributed by atoms with Gasteiger partial charge in [-0.1, -0.05) is 19.0 Å². The van der Waals surface area contributed by atoms with E-state index >= 15 is 4.39 Å². The van der Waals surface area contributed by atoms with Crippen molar-refractivity contribution in [2.45, 2.75) is 58.5 Å². The van der Waals surface area contributed by atoms with E-state index in [-0.39, 0.29) is 11.8 Å². The second-order valence-electron chi connectivity index (χ2n) is 8.08. The summed E-state index contributed by atoms with van der Waals surface area (Å²) < 4.78 is 20.3. The Morgan fingerprint density at radius 3 is 2.87 bits per heavy atom. The highest BCUT2D eigenvalue weighted by atomic mass is 32.1. The largest absolute Gasteiger partial charge is 0.357 e. The number of hydrogen-bond acceptors (Lipinski definition) is 7. The summed E-state index contributed by atoms with van der Waals surface area (Å²) in [5, 5.41) is 9.74. The Hall–Kier alpha value is -2.81. The molecule has 4 rings (SSSR count). The molecule has 0 spiro atoms. The molecule has 1 saturated heterocycles. The molecule has 3 aromatic rings. The van der Waals surface area contributed by atoms with Gasteiger partial charge in [0, 0.05) is 29.1 Å². The van der Waals surface area contributed by atoms with E-state index in [2.05, 4.69) is 20.4 Å². The minimum atomic E-state index is -0.409. The van der Waals surface area contributed by atoms with Gasteiger partial charge in [-0.25, -0.2) is 9.37 Å². The van der Waals surface area contributed by atoms with E-state index in [4.69, 9.17) is 4.52 Å². The molecule has 1 atom stereocenters. The van der Waals surface area contributed by atoms with Crippen molar-refractivity contribution in [2.75, 3.05) is 11.4 Å². The second-order valence-corrected chi connectivity index (χ2v) is 9.03. The number of benzene rings is 1. The molecule has 1 aromatic carbocycles. The minimum absolute atomic E-state index is 0.101. The summed E-state index contributed by atoms with van der Waals surface area (Å²) in [4.78, 5) is 23.5. The predicted octanol–water partition coefficient (Wildman–Crippen LogP) is 4.44. The smallest absolute Gasteiger partial charge is 0.243 e. The van der Waals surface area contributed by atoms with Crippen molar-refractivity contribution >= 4 is 22.9 Å². The van der Waals surface area contributed by atoms with Gasteiger partial charge in [0.2, 0.25) is 17.6 Å². The summed E-state index contributed by atoms with van der Waals surface area (Å²) in [6, 6.07) is 4.47. The van der Waals surface area contributed by atoms with Crippen LogP contribution in [-0.4, -0.2) is 33.6 Å². The number of carbonyl (C=O) groups excluding carboxylic acids is 1. The predicted molar refractivity (Wildman–Crippen MR) is 117 cm³/mol. The van der Waals surface area contributed by atoms with E-state index in [1.807, 2.05) is 31.1 Å². The lowest BCUT2D eigenvalue weighted by Crippen LogP contribution is -2.49. The highest BCUT2D eigenvalue weighted by Gasteiger charge is 2.30. The molecule has 3 heterocycles. The normalized spacial score (nSPS) is 16.7. The van der Waals surface area contributed by atoms with Crippen molar-refractivity contribution in [3.05, 3.63) is 46.0 Å². The van der Waals surface area contributed by atoms with Crippen LogP contribution in [0.4, 0.5) is 10.1 Å². The van der Waals surface area contributed by atoms with Crippen molar-refractivity contribution in [3.63, 3.8) is 0 Å². The van der Waals surface area contributed by atoms with Crippen molar-refractivity contribution in [1.82, 2.24) is 20.4 Å². The Labute approximate surface area is 184 Å². The van der Waals surface area contributed by atoms with Crippen LogP contribution < -0.4 is 10.2 Å². The molecule has 1 aliphatic heterocycles. The molecule has 1 aliphatic rings. The number of amides is 1. The van der Waals surface area contributed by atoms with Crippen molar-refractivity contribution in [3.8, 4) is 11.4 Å². The maximum Gasteiger partial charge on any atom is 0.243 e. The van der Waals surface area contributed by atoms with Gasteiger partial charge in [-0.3, -0.25) is 4.79 Å². The summed E-state index contributed by atoms with van der Waals surface area (Å²) in [5.41, 5.74) is 1.91. The Morgan fingerprint density at radius 2 is 2.19 bits per heavy atom. The molecule has 0 radical (unpaired) electrons. The zero-order valence-corrected chi connectivity index (χ0v) is 18.7. The van der Waals surface area contributed by atoms with E-state index in [0.717, 1.165) is 23.5 Å². The summed E-state index contributed by atoms with van der Waals surface area (Å²) >= 11 is 1.52. The van der Waals surface area contributed by atoms with Crippen LogP contribution in [0.2, 0.25) is 0 Å². The first-order valence-electron chi connectivity index (χ1n) is 10.5. The zero-order chi connectivity index (χ0) is 22.0. The second kappa shape index (κ2) is 9.13. The van der Waals surface area contributed by atoms with Crippen LogP contribution in [0.1, 0.15) is 55.6 Å². The van der Waals surface area contributed by atoms with Gasteiger partial charge in [-0.05, 0) is 44.4 Å². The SMILES string of the molecule is Cc1csc(CNC(=O)C2CCCCN2c2ccc(-c3noc(C(C)C)n3)cc2F)n1. The molecule has 1 fully saturated rings. The van der Waals surface area contributed by atoms with Crippen LogP contribution in [0.15, 0.2) is 28.1 Å². The number of nitrogens with zero attached hydrogens (tertiary/aromatic N) is 4. The number of anilines is 1. The van der Waals surface area contributed by atoms with Crippen molar-refractivity contribution < 1.29 is 13.7 Å². The summed E-state index contributed by atoms with van der Waals surface area (Å²) in [6.07, 6.45) is 2.54. The molecule has 31 heavy (non-hydrogen) atoms. The number of hydrogen-bond donors (Lipinski definition) is 1. The Morgan fingerprint density at radius 1 is 1.35 bits per heavy atom. The van der Waals surface area contributed by atoms with Crippen LogP contribution in [0.3, 0.4) is 0 Å². The maximum atomic E-state index is 15.1. The molecular formula is C22H26FN5O2S. The van der Waals surface area contributed by atoms with Crippen LogP contribution in [0.5, 0.6) is 0 Å². The van der Waals surface area contributed by atoms with Gasteiger partial charge < -0.3 is 14.7 Å². The standard InChI is InChI=1S/C22H26FN5O2S/c1-13(2)22-26-20(27-30-22)15-7-8-17(16(23)10-15)28-9-5-4-6-18(28)21(29)24-11-19-25-14(3)12-31-19/h7-8,10,12-13,18H,4-6,9,11H2,1-3H3,(H,24,29). The summed E-state index contributed by atoms with van der Waals surface area (Å²) in [5.74, 6) is 0.481. The van der Waals surface area contributed by atoms with E-state index in [0.29, 0.717) is 42.5 Å². The number of piperidine rings is 1. The molecule has 0 aliphatic carbocycles. The fourth-order valence-corrected chi connectivity index (χ4v) is 4.43. The summed E-state index contributed by atoms with van der Waals surface area (Å²) in [7, 11) is 0. The molecule has 1 N–H and O–H groups in total. The first-order chi connectivity index (χ1) is 14.9. The molecular weight excluding hydrogens is 417 g/mol. The molecule has 164 valence electrons. The average Bonchev–Trinajstić information content (AvgIpc) is 3.41. The monoisotopic (exact) mass is 443 g/mol. The minimum Gasteiger partial charge on any atom is -0.357 e. The highest BCUT2D eigenvalue weighted by molar-refractivity contribution is 7.09. The average molecular weight is 444 g/mol. The lowest BCUT2D eigenvalue weighted by molar-refractivity contribution is -0.123. The van der Waals surface area contributed by atoms with Crippen LogP contribution >= 0.6 is 11.3 Å². The van der Waals surface area contributed by atoms with Gasteiger partial charge >= 0.3 is 0 Å². The first-order valence-corrected chi connectivity index (χ1v) is 11.4. The number of aryl methyl sites for hydroxylation is 1. The van der Waals surface area contributed by atoms with E-state index in [1.54, 1.807) is 12.1 Å².